The number of anilines is 2. The summed E-state index contributed by atoms with van der Waals surface area (Å²) in [5.74, 6) is -0.778. The van der Waals surface area contributed by atoms with Gasteiger partial charge in [0.25, 0.3) is 0 Å². The fraction of sp³-hybridized carbons (Fsp3) is 0.385. The predicted molar refractivity (Wildman–Crippen MR) is 68.9 cm³/mol. The van der Waals surface area contributed by atoms with Crippen LogP contribution in [0.25, 0.3) is 0 Å². The number of amides is 1. The van der Waals surface area contributed by atoms with Crippen LogP contribution in [0.15, 0.2) is 18.2 Å². The summed E-state index contributed by atoms with van der Waals surface area (Å²) < 4.78 is 0. The summed E-state index contributed by atoms with van der Waals surface area (Å²) in [4.78, 5) is 22.6. The number of rotatable bonds is 2. The average Bonchev–Trinajstić information content (AvgIpc) is 2.45. The molecule has 0 aliphatic carbocycles. The molecule has 96 valence electrons. The first-order chi connectivity index (χ1) is 8.47. The molecule has 1 aromatic rings. The lowest BCUT2D eigenvalue weighted by Gasteiger charge is -2.20. The summed E-state index contributed by atoms with van der Waals surface area (Å²) in [6, 6.07) is 4.76. The fourth-order valence-electron chi connectivity index (χ4n) is 1.96. The van der Waals surface area contributed by atoms with Gasteiger partial charge in [-0.1, -0.05) is 13.8 Å². The highest BCUT2D eigenvalue weighted by molar-refractivity contribution is 5.99. The molecule has 1 aliphatic heterocycles. The number of hydrogen-bond acceptors (Lipinski definition) is 3. The van der Waals surface area contributed by atoms with Crippen molar-refractivity contribution in [1.82, 2.24) is 0 Å². The van der Waals surface area contributed by atoms with Gasteiger partial charge in [0.1, 0.15) is 0 Å². The van der Waals surface area contributed by atoms with E-state index in [0.717, 1.165) is 5.69 Å². The third kappa shape index (κ3) is 2.45. The Labute approximate surface area is 105 Å². The van der Waals surface area contributed by atoms with Crippen LogP contribution in [0, 0.1) is 5.92 Å². The number of benzene rings is 1. The van der Waals surface area contributed by atoms with Crippen LogP contribution in [-0.2, 0) is 4.79 Å². The number of carboxylic acids is 1. The van der Waals surface area contributed by atoms with Crippen LogP contribution < -0.4 is 10.6 Å². The number of nitrogens with one attached hydrogen (secondary N) is 2. The Hall–Kier alpha value is -2.04. The number of fused-ring (bicyclic) bond motifs is 1. The molecule has 1 unspecified atom stereocenters. The number of carboxylic acid groups (broad SMARTS) is 1. The minimum absolute atomic E-state index is 0.0573. The first-order valence-corrected chi connectivity index (χ1v) is 5.91. The molecule has 1 heterocycles. The van der Waals surface area contributed by atoms with E-state index in [-0.39, 0.29) is 17.5 Å². The molecule has 0 bridgehead atoms. The number of carbonyl (C=O) groups is 2. The monoisotopic (exact) mass is 248 g/mol. The first kappa shape index (κ1) is 12.4. The Balaban J connectivity index is 2.37. The summed E-state index contributed by atoms with van der Waals surface area (Å²) in [5.41, 5.74) is 1.46. The zero-order valence-electron chi connectivity index (χ0n) is 10.4. The lowest BCUT2D eigenvalue weighted by Crippen LogP contribution is -2.27. The zero-order chi connectivity index (χ0) is 13.3. The lowest BCUT2D eigenvalue weighted by molar-refractivity contribution is -0.116. The Morgan fingerprint density at radius 1 is 1.39 bits per heavy atom. The van der Waals surface area contributed by atoms with Crippen molar-refractivity contribution in [3.8, 4) is 0 Å². The van der Waals surface area contributed by atoms with E-state index in [1.54, 1.807) is 6.07 Å². The molecule has 0 saturated carbocycles. The fourth-order valence-corrected chi connectivity index (χ4v) is 1.96. The van der Waals surface area contributed by atoms with E-state index in [4.69, 9.17) is 5.11 Å². The largest absolute Gasteiger partial charge is 0.478 e. The maximum absolute atomic E-state index is 11.7. The average molecular weight is 248 g/mol. The number of aromatic carboxylic acids is 1. The van der Waals surface area contributed by atoms with Crippen molar-refractivity contribution in [2.24, 2.45) is 5.92 Å². The number of carbonyl (C=O) groups excluding carboxylic acids is 1. The Morgan fingerprint density at radius 3 is 2.72 bits per heavy atom. The maximum Gasteiger partial charge on any atom is 0.335 e. The minimum atomic E-state index is -1.00. The van der Waals surface area contributed by atoms with E-state index < -0.39 is 5.97 Å². The SMILES string of the molecule is CC(C)C1CC(=O)Nc2cc(C(=O)O)ccc2N1. The Kier molecular flexibility index (Phi) is 3.23. The van der Waals surface area contributed by atoms with Crippen molar-refractivity contribution in [2.75, 3.05) is 10.6 Å². The van der Waals surface area contributed by atoms with Gasteiger partial charge in [0.15, 0.2) is 0 Å². The maximum atomic E-state index is 11.7. The standard InChI is InChI=1S/C13H16N2O3/c1-7(2)10-6-12(16)15-11-5-8(13(17)18)3-4-9(11)14-10/h3-5,7,10,14H,6H2,1-2H3,(H,15,16)(H,17,18). The van der Waals surface area contributed by atoms with E-state index in [1.165, 1.54) is 12.1 Å². The summed E-state index contributed by atoms with van der Waals surface area (Å²) >= 11 is 0. The van der Waals surface area contributed by atoms with Crippen molar-refractivity contribution in [3.63, 3.8) is 0 Å². The van der Waals surface area contributed by atoms with Crippen LogP contribution in [-0.4, -0.2) is 23.0 Å². The quantitative estimate of drug-likeness (QED) is 0.749. The van der Waals surface area contributed by atoms with Crippen LogP contribution >= 0.6 is 0 Å². The molecular formula is C13H16N2O3. The van der Waals surface area contributed by atoms with Gasteiger partial charge in [-0.05, 0) is 24.1 Å². The van der Waals surface area contributed by atoms with Gasteiger partial charge in [-0.3, -0.25) is 4.79 Å². The molecule has 1 atom stereocenters. The topological polar surface area (TPSA) is 78.4 Å². The second kappa shape index (κ2) is 4.68. The van der Waals surface area contributed by atoms with Gasteiger partial charge < -0.3 is 15.7 Å². The second-order valence-electron chi connectivity index (χ2n) is 4.81. The molecule has 2 rings (SSSR count). The first-order valence-electron chi connectivity index (χ1n) is 5.91. The van der Waals surface area contributed by atoms with Crippen molar-refractivity contribution >= 4 is 23.3 Å². The molecule has 0 spiro atoms. The highest BCUT2D eigenvalue weighted by Gasteiger charge is 2.23. The summed E-state index contributed by atoms with van der Waals surface area (Å²) in [6.45, 7) is 4.09. The normalized spacial score (nSPS) is 18.6. The van der Waals surface area contributed by atoms with Gasteiger partial charge in [-0.25, -0.2) is 4.79 Å². The highest BCUT2D eigenvalue weighted by atomic mass is 16.4. The minimum Gasteiger partial charge on any atom is -0.478 e. The lowest BCUT2D eigenvalue weighted by atomic mass is 10.0. The van der Waals surface area contributed by atoms with Gasteiger partial charge in [0, 0.05) is 12.5 Å². The van der Waals surface area contributed by atoms with Crippen LogP contribution in [0.2, 0.25) is 0 Å². The number of hydrogen-bond donors (Lipinski definition) is 3. The van der Waals surface area contributed by atoms with Crippen molar-refractivity contribution in [2.45, 2.75) is 26.3 Å². The Morgan fingerprint density at radius 2 is 2.11 bits per heavy atom. The van der Waals surface area contributed by atoms with Gasteiger partial charge >= 0.3 is 5.97 Å². The van der Waals surface area contributed by atoms with Crippen LogP contribution in [0.1, 0.15) is 30.6 Å². The van der Waals surface area contributed by atoms with Gasteiger partial charge in [0.2, 0.25) is 5.91 Å². The molecule has 0 radical (unpaired) electrons. The molecule has 5 heteroatoms. The molecule has 3 N–H and O–H groups in total. The van der Waals surface area contributed by atoms with Gasteiger partial charge in [0.05, 0.1) is 16.9 Å². The van der Waals surface area contributed by atoms with Crippen molar-refractivity contribution in [3.05, 3.63) is 23.8 Å². The zero-order valence-corrected chi connectivity index (χ0v) is 10.4. The molecule has 1 aliphatic rings. The summed E-state index contributed by atoms with van der Waals surface area (Å²) in [7, 11) is 0. The van der Waals surface area contributed by atoms with E-state index in [0.29, 0.717) is 18.0 Å². The van der Waals surface area contributed by atoms with E-state index in [9.17, 15) is 9.59 Å². The molecule has 18 heavy (non-hydrogen) atoms. The summed E-state index contributed by atoms with van der Waals surface area (Å²) in [5, 5.41) is 14.9. The van der Waals surface area contributed by atoms with Crippen LogP contribution in [0.4, 0.5) is 11.4 Å². The molecule has 0 saturated heterocycles. The van der Waals surface area contributed by atoms with Gasteiger partial charge in [-0.2, -0.15) is 0 Å². The molecule has 5 nitrogen and oxygen atoms in total. The Bertz CT molecular complexity index is 497. The van der Waals surface area contributed by atoms with E-state index in [2.05, 4.69) is 10.6 Å². The van der Waals surface area contributed by atoms with Crippen molar-refractivity contribution < 1.29 is 14.7 Å². The second-order valence-corrected chi connectivity index (χ2v) is 4.81. The molecule has 1 aromatic carbocycles. The van der Waals surface area contributed by atoms with Gasteiger partial charge in [-0.15, -0.1) is 0 Å². The third-order valence-electron chi connectivity index (χ3n) is 3.09. The van der Waals surface area contributed by atoms with Crippen LogP contribution in [0.5, 0.6) is 0 Å². The van der Waals surface area contributed by atoms with E-state index in [1.807, 2.05) is 13.8 Å². The van der Waals surface area contributed by atoms with Crippen molar-refractivity contribution in [1.29, 1.82) is 0 Å². The molecular weight excluding hydrogens is 232 g/mol. The molecule has 1 amide bonds. The molecule has 0 aromatic heterocycles. The third-order valence-corrected chi connectivity index (χ3v) is 3.09. The van der Waals surface area contributed by atoms with E-state index >= 15 is 0 Å². The predicted octanol–water partition coefficient (Wildman–Crippen LogP) is 2.16. The van der Waals surface area contributed by atoms with Crippen LogP contribution in [0.3, 0.4) is 0 Å². The summed E-state index contributed by atoms with van der Waals surface area (Å²) in [6.07, 6.45) is 0.384. The smallest absolute Gasteiger partial charge is 0.335 e. The highest BCUT2D eigenvalue weighted by Crippen LogP contribution is 2.29. The molecule has 0 fully saturated rings.